The van der Waals surface area contributed by atoms with Gasteiger partial charge in [0.2, 0.25) is 0 Å². The zero-order valence-corrected chi connectivity index (χ0v) is 15.6. The summed E-state index contributed by atoms with van der Waals surface area (Å²) in [5.41, 5.74) is 2.41. The molecule has 0 radical (unpaired) electrons. The van der Waals surface area contributed by atoms with E-state index in [9.17, 15) is 4.39 Å². The third-order valence-electron chi connectivity index (χ3n) is 5.16. The van der Waals surface area contributed by atoms with E-state index in [-0.39, 0.29) is 5.82 Å². The van der Waals surface area contributed by atoms with Gasteiger partial charge in [-0.2, -0.15) is 0 Å². The van der Waals surface area contributed by atoms with Crippen LogP contribution in [-0.4, -0.2) is 9.97 Å². The summed E-state index contributed by atoms with van der Waals surface area (Å²) in [5, 5.41) is 4.39. The molecule has 0 fully saturated rings. The van der Waals surface area contributed by atoms with Crippen LogP contribution in [0.3, 0.4) is 0 Å². The summed E-state index contributed by atoms with van der Waals surface area (Å²) in [7, 11) is 0. The lowest BCUT2D eigenvalue weighted by molar-refractivity contribution is 0.218. The number of benzene rings is 1. The van der Waals surface area contributed by atoms with Crippen LogP contribution in [0, 0.1) is 17.2 Å². The SMILES string of the molecule is CC(C)(C)C1CCc2c(sc3ncnc(Nc4cccc(F)c4)c23)C1. The fourth-order valence-electron chi connectivity index (χ4n) is 3.65. The quantitative estimate of drug-likeness (QED) is 0.638. The molecule has 1 aliphatic rings. The van der Waals surface area contributed by atoms with Gasteiger partial charge in [-0.1, -0.05) is 26.8 Å². The summed E-state index contributed by atoms with van der Waals surface area (Å²) in [5.74, 6) is 1.22. The van der Waals surface area contributed by atoms with Gasteiger partial charge in [-0.3, -0.25) is 0 Å². The molecule has 2 heterocycles. The van der Waals surface area contributed by atoms with E-state index in [1.165, 1.54) is 29.0 Å². The van der Waals surface area contributed by atoms with Crippen LogP contribution in [0.25, 0.3) is 10.2 Å². The highest BCUT2D eigenvalue weighted by Crippen LogP contribution is 2.44. The van der Waals surface area contributed by atoms with Crippen LogP contribution in [0.4, 0.5) is 15.9 Å². The number of halogens is 1. The topological polar surface area (TPSA) is 37.8 Å². The van der Waals surface area contributed by atoms with Gasteiger partial charge in [0.05, 0.1) is 5.39 Å². The lowest BCUT2D eigenvalue weighted by atomic mass is 9.72. The molecule has 5 heteroatoms. The predicted molar refractivity (Wildman–Crippen MR) is 102 cm³/mol. The molecule has 2 aromatic heterocycles. The smallest absolute Gasteiger partial charge is 0.142 e. The number of rotatable bonds is 2. The number of hydrogen-bond donors (Lipinski definition) is 1. The predicted octanol–water partition coefficient (Wildman–Crippen LogP) is 5.73. The van der Waals surface area contributed by atoms with Crippen molar-refractivity contribution in [3.8, 4) is 0 Å². The monoisotopic (exact) mass is 355 g/mol. The summed E-state index contributed by atoms with van der Waals surface area (Å²) in [6.45, 7) is 6.98. The average Bonchev–Trinajstić information content (AvgIpc) is 2.92. The number of hydrogen-bond acceptors (Lipinski definition) is 4. The van der Waals surface area contributed by atoms with Gasteiger partial charge in [-0.15, -0.1) is 11.3 Å². The van der Waals surface area contributed by atoms with Crippen LogP contribution >= 0.6 is 11.3 Å². The van der Waals surface area contributed by atoms with E-state index >= 15 is 0 Å². The van der Waals surface area contributed by atoms with Crippen molar-refractivity contribution in [1.82, 2.24) is 9.97 Å². The number of thiophene rings is 1. The van der Waals surface area contributed by atoms with E-state index in [0.717, 1.165) is 28.9 Å². The van der Waals surface area contributed by atoms with Crippen molar-refractivity contribution in [1.29, 1.82) is 0 Å². The first kappa shape index (κ1) is 16.5. The first-order chi connectivity index (χ1) is 11.9. The number of nitrogens with zero attached hydrogens (tertiary/aromatic N) is 2. The Hall–Kier alpha value is -2.01. The molecule has 0 saturated carbocycles. The molecular formula is C20H22FN3S. The Morgan fingerprint density at radius 3 is 2.84 bits per heavy atom. The summed E-state index contributed by atoms with van der Waals surface area (Å²) in [6, 6.07) is 6.49. The van der Waals surface area contributed by atoms with Gasteiger partial charge in [-0.25, -0.2) is 14.4 Å². The summed E-state index contributed by atoms with van der Waals surface area (Å²) < 4.78 is 13.5. The molecule has 0 saturated heterocycles. The maximum absolute atomic E-state index is 13.5. The Labute approximate surface area is 151 Å². The van der Waals surface area contributed by atoms with E-state index in [0.29, 0.717) is 17.0 Å². The number of fused-ring (bicyclic) bond motifs is 3. The van der Waals surface area contributed by atoms with E-state index in [1.807, 2.05) is 6.07 Å². The Morgan fingerprint density at radius 1 is 1.24 bits per heavy atom. The van der Waals surface area contributed by atoms with Crippen LogP contribution < -0.4 is 5.32 Å². The number of anilines is 2. The largest absolute Gasteiger partial charge is 0.339 e. The minimum absolute atomic E-state index is 0.254. The maximum Gasteiger partial charge on any atom is 0.142 e. The molecule has 130 valence electrons. The average molecular weight is 355 g/mol. The van der Waals surface area contributed by atoms with Crippen molar-refractivity contribution < 1.29 is 4.39 Å². The second-order valence-corrected chi connectivity index (χ2v) is 8.93. The summed E-state index contributed by atoms with van der Waals surface area (Å²) in [4.78, 5) is 11.4. The normalized spacial score (nSPS) is 17.5. The van der Waals surface area contributed by atoms with Gasteiger partial charge in [-0.05, 0) is 54.4 Å². The number of aryl methyl sites for hydroxylation is 1. The van der Waals surface area contributed by atoms with E-state index in [1.54, 1.807) is 23.7 Å². The molecule has 1 aliphatic carbocycles. The van der Waals surface area contributed by atoms with Crippen molar-refractivity contribution in [2.45, 2.75) is 40.0 Å². The third kappa shape index (κ3) is 3.13. The number of nitrogens with one attached hydrogen (secondary N) is 1. The van der Waals surface area contributed by atoms with Crippen molar-refractivity contribution in [3.05, 3.63) is 46.9 Å². The molecule has 1 aromatic carbocycles. The van der Waals surface area contributed by atoms with Gasteiger partial charge >= 0.3 is 0 Å². The zero-order valence-electron chi connectivity index (χ0n) is 14.8. The molecule has 4 rings (SSSR count). The highest BCUT2D eigenvalue weighted by molar-refractivity contribution is 7.19. The second-order valence-electron chi connectivity index (χ2n) is 7.85. The fraction of sp³-hybridized carbons (Fsp3) is 0.400. The van der Waals surface area contributed by atoms with Crippen molar-refractivity contribution >= 4 is 33.1 Å². The molecule has 0 amide bonds. The van der Waals surface area contributed by atoms with Crippen molar-refractivity contribution in [2.75, 3.05) is 5.32 Å². The van der Waals surface area contributed by atoms with Crippen LogP contribution in [0.1, 0.15) is 37.6 Å². The molecule has 3 aromatic rings. The van der Waals surface area contributed by atoms with E-state index < -0.39 is 0 Å². The lowest BCUT2D eigenvalue weighted by Gasteiger charge is -2.33. The molecular weight excluding hydrogens is 333 g/mol. The van der Waals surface area contributed by atoms with Gasteiger partial charge in [0.25, 0.3) is 0 Å². The van der Waals surface area contributed by atoms with Crippen LogP contribution in [0.5, 0.6) is 0 Å². The lowest BCUT2D eigenvalue weighted by Crippen LogP contribution is -2.26. The van der Waals surface area contributed by atoms with Gasteiger partial charge < -0.3 is 5.32 Å². The summed E-state index contributed by atoms with van der Waals surface area (Å²) >= 11 is 1.78. The molecule has 3 nitrogen and oxygen atoms in total. The first-order valence-electron chi connectivity index (χ1n) is 8.69. The Bertz CT molecular complexity index is 926. The van der Waals surface area contributed by atoms with E-state index in [2.05, 4.69) is 36.1 Å². The van der Waals surface area contributed by atoms with Gasteiger partial charge in [0.1, 0.15) is 22.8 Å². The Morgan fingerprint density at radius 2 is 2.08 bits per heavy atom. The standard InChI is InChI=1S/C20H22FN3S/c1-20(2,3)12-7-8-15-16(9-12)25-19-17(15)18(22-11-23-19)24-14-6-4-5-13(21)10-14/h4-6,10-12H,7-9H2,1-3H3,(H,22,23,24). The number of aromatic nitrogens is 2. The highest BCUT2D eigenvalue weighted by atomic mass is 32.1. The minimum Gasteiger partial charge on any atom is -0.339 e. The van der Waals surface area contributed by atoms with Gasteiger partial charge in [0.15, 0.2) is 0 Å². The Balaban J connectivity index is 1.74. The summed E-state index contributed by atoms with van der Waals surface area (Å²) in [6.07, 6.45) is 4.95. The van der Waals surface area contributed by atoms with Crippen molar-refractivity contribution in [3.63, 3.8) is 0 Å². The second kappa shape index (κ2) is 6.06. The molecule has 1 atom stereocenters. The first-order valence-corrected chi connectivity index (χ1v) is 9.51. The molecule has 1 unspecified atom stereocenters. The van der Waals surface area contributed by atoms with E-state index in [4.69, 9.17) is 0 Å². The Kier molecular flexibility index (Phi) is 3.99. The molecule has 0 bridgehead atoms. The van der Waals surface area contributed by atoms with Crippen LogP contribution in [0.2, 0.25) is 0 Å². The maximum atomic E-state index is 13.5. The zero-order chi connectivity index (χ0) is 17.6. The highest BCUT2D eigenvalue weighted by Gasteiger charge is 2.31. The van der Waals surface area contributed by atoms with Crippen LogP contribution in [0.15, 0.2) is 30.6 Å². The third-order valence-corrected chi connectivity index (χ3v) is 6.32. The van der Waals surface area contributed by atoms with Crippen LogP contribution in [-0.2, 0) is 12.8 Å². The molecule has 0 spiro atoms. The molecule has 25 heavy (non-hydrogen) atoms. The van der Waals surface area contributed by atoms with Crippen molar-refractivity contribution in [2.24, 2.45) is 11.3 Å². The fourth-order valence-corrected chi connectivity index (χ4v) is 4.91. The minimum atomic E-state index is -0.254. The molecule has 0 aliphatic heterocycles. The molecule has 1 N–H and O–H groups in total. The van der Waals surface area contributed by atoms with Gasteiger partial charge in [0, 0.05) is 10.6 Å².